The van der Waals surface area contributed by atoms with Gasteiger partial charge in [0, 0.05) is 5.94 Å². The highest BCUT2D eigenvalue weighted by Gasteiger charge is 2.68. The largest absolute Gasteiger partial charge is 0.475 e. The monoisotopic (exact) mass is 363 g/mol. The molecule has 3 nitrogen and oxygen atoms in total. The van der Waals surface area contributed by atoms with E-state index in [1.54, 1.807) is 0 Å². The molecule has 1 aromatic rings. The molecule has 25 heavy (non-hydrogen) atoms. The summed E-state index contributed by atoms with van der Waals surface area (Å²) in [6.07, 6.45) is 4.51. The van der Waals surface area contributed by atoms with Gasteiger partial charge in [-0.25, -0.2) is 0 Å². The second kappa shape index (κ2) is 6.56. The molecule has 1 aromatic carbocycles. The van der Waals surface area contributed by atoms with E-state index in [2.05, 4.69) is 52.0 Å². The Morgan fingerprint density at radius 1 is 1.28 bits per heavy atom. The van der Waals surface area contributed by atoms with Gasteiger partial charge in [0.1, 0.15) is 0 Å². The molecule has 3 saturated carbocycles. The quantitative estimate of drug-likeness (QED) is 0.824. The summed E-state index contributed by atoms with van der Waals surface area (Å²) in [6, 6.07) is 8.66. The van der Waals surface area contributed by atoms with Gasteiger partial charge in [0.15, 0.2) is 0 Å². The number of nitrogens with two attached hydrogens (primary N) is 1. The van der Waals surface area contributed by atoms with Crippen molar-refractivity contribution in [2.24, 2.45) is 23.0 Å². The van der Waals surface area contributed by atoms with E-state index in [0.29, 0.717) is 11.3 Å². The molecule has 5 heteroatoms. The fourth-order valence-electron chi connectivity index (χ4n) is 5.42. The summed E-state index contributed by atoms with van der Waals surface area (Å²) in [4.78, 5) is 0. The molecule has 0 amide bonds. The van der Waals surface area contributed by atoms with Gasteiger partial charge in [-0.1, -0.05) is 43.7 Å². The van der Waals surface area contributed by atoms with Gasteiger partial charge in [0.25, 0.3) is 0 Å². The van der Waals surface area contributed by atoms with E-state index in [9.17, 15) is 0 Å². The summed E-state index contributed by atoms with van der Waals surface area (Å²) >= 11 is 0. The van der Waals surface area contributed by atoms with Crippen molar-refractivity contribution in [3.05, 3.63) is 35.4 Å². The lowest BCUT2D eigenvalue weighted by atomic mass is 9.43. The van der Waals surface area contributed by atoms with Gasteiger partial charge in [0.2, 0.25) is 0 Å². The Morgan fingerprint density at radius 3 is 2.72 bits per heavy atom. The molecule has 1 heterocycles. The molecule has 5 atom stereocenters. The van der Waals surface area contributed by atoms with Crippen LogP contribution in [0.3, 0.4) is 0 Å². The van der Waals surface area contributed by atoms with Gasteiger partial charge in [-0.15, -0.1) is 12.4 Å². The maximum absolute atomic E-state index is 6.47. The van der Waals surface area contributed by atoms with E-state index in [1.165, 1.54) is 17.5 Å². The standard InChI is InChI=1S/C20H30BNO2.ClH/c1-13-6-5-7-14(10-13)8-9-18(22)21-23-17-12-15-11-16(19(15,2)3)20(17,4)24-21;/h5-7,10,15-18H,8-9,11-12,22H2,1-4H3;1H/t15-,16-,17+,18-,20-;/m0./s1. The second-order valence-corrected chi connectivity index (χ2v) is 9.03. The van der Waals surface area contributed by atoms with Crippen LogP contribution in [0.4, 0.5) is 0 Å². The molecular formula is C20H31BClNO2. The lowest BCUT2D eigenvalue weighted by molar-refractivity contribution is -0.199. The van der Waals surface area contributed by atoms with Crippen LogP contribution in [-0.2, 0) is 15.7 Å². The Labute approximate surface area is 158 Å². The molecule has 0 unspecified atom stereocenters. The smallest absolute Gasteiger partial charge is 0.404 e. The van der Waals surface area contributed by atoms with Crippen LogP contribution < -0.4 is 5.73 Å². The SMILES string of the molecule is Cc1cccc(CC[C@H](N)B2O[C@@H]3C[C@@H]4C[C@@H](C4(C)C)[C@]3(C)O2)c1.Cl. The first kappa shape index (κ1) is 19.2. The molecule has 4 fully saturated rings. The van der Waals surface area contributed by atoms with Crippen molar-refractivity contribution < 1.29 is 9.31 Å². The molecule has 138 valence electrons. The van der Waals surface area contributed by atoms with E-state index in [4.69, 9.17) is 15.0 Å². The highest BCUT2D eigenvalue weighted by Crippen LogP contribution is 2.65. The first-order valence-electron chi connectivity index (χ1n) is 9.45. The van der Waals surface area contributed by atoms with Crippen LogP contribution in [0.2, 0.25) is 0 Å². The van der Waals surface area contributed by atoms with Gasteiger partial charge in [-0.3, -0.25) is 0 Å². The molecule has 4 aliphatic rings. The maximum Gasteiger partial charge on any atom is 0.475 e. The molecule has 0 aromatic heterocycles. The third kappa shape index (κ3) is 3.05. The van der Waals surface area contributed by atoms with E-state index in [-0.39, 0.29) is 37.2 Å². The molecule has 5 rings (SSSR count). The van der Waals surface area contributed by atoms with Crippen molar-refractivity contribution in [3.63, 3.8) is 0 Å². The van der Waals surface area contributed by atoms with Crippen LogP contribution in [0.5, 0.6) is 0 Å². The van der Waals surface area contributed by atoms with Crippen LogP contribution in [0.15, 0.2) is 24.3 Å². The number of rotatable bonds is 4. The van der Waals surface area contributed by atoms with E-state index >= 15 is 0 Å². The highest BCUT2D eigenvalue weighted by molar-refractivity contribution is 6.47. The number of hydrogen-bond donors (Lipinski definition) is 1. The minimum atomic E-state index is -0.250. The van der Waals surface area contributed by atoms with Crippen molar-refractivity contribution in [1.82, 2.24) is 0 Å². The Kier molecular flexibility index (Phi) is 5.05. The Hall–Kier alpha value is -0.545. The average molecular weight is 364 g/mol. The lowest BCUT2D eigenvalue weighted by Crippen LogP contribution is -2.65. The lowest BCUT2D eigenvalue weighted by Gasteiger charge is -2.64. The Bertz CT molecular complexity index is 640. The zero-order valence-electron chi connectivity index (χ0n) is 15.8. The van der Waals surface area contributed by atoms with Gasteiger partial charge in [-0.2, -0.15) is 0 Å². The topological polar surface area (TPSA) is 44.5 Å². The first-order chi connectivity index (χ1) is 11.3. The van der Waals surface area contributed by atoms with Crippen molar-refractivity contribution in [2.45, 2.75) is 71.0 Å². The molecule has 1 saturated heterocycles. The van der Waals surface area contributed by atoms with Crippen LogP contribution in [0.25, 0.3) is 0 Å². The molecular weight excluding hydrogens is 332 g/mol. The van der Waals surface area contributed by atoms with Crippen LogP contribution in [-0.4, -0.2) is 24.8 Å². The van der Waals surface area contributed by atoms with Crippen LogP contribution >= 0.6 is 12.4 Å². The van der Waals surface area contributed by atoms with Crippen molar-refractivity contribution >= 4 is 19.5 Å². The zero-order valence-corrected chi connectivity index (χ0v) is 16.6. The third-order valence-corrected chi connectivity index (χ3v) is 7.17. The molecule has 0 spiro atoms. The number of halogens is 1. The zero-order chi connectivity index (χ0) is 17.1. The van der Waals surface area contributed by atoms with Crippen molar-refractivity contribution in [1.29, 1.82) is 0 Å². The van der Waals surface area contributed by atoms with Gasteiger partial charge in [0.05, 0.1) is 11.7 Å². The summed E-state index contributed by atoms with van der Waals surface area (Å²) in [5, 5.41) is 0. The van der Waals surface area contributed by atoms with Crippen LogP contribution in [0.1, 0.15) is 51.2 Å². The molecule has 1 aliphatic heterocycles. The summed E-state index contributed by atoms with van der Waals surface area (Å²) in [6.45, 7) is 9.17. The van der Waals surface area contributed by atoms with Crippen molar-refractivity contribution in [2.75, 3.05) is 0 Å². The molecule has 2 N–H and O–H groups in total. The van der Waals surface area contributed by atoms with Crippen molar-refractivity contribution in [3.8, 4) is 0 Å². The fourth-order valence-corrected chi connectivity index (χ4v) is 5.42. The minimum absolute atomic E-state index is 0. The maximum atomic E-state index is 6.47. The van der Waals surface area contributed by atoms with E-state index in [1.807, 2.05) is 0 Å². The number of benzene rings is 1. The third-order valence-electron chi connectivity index (χ3n) is 7.17. The number of aryl methyl sites for hydroxylation is 2. The molecule has 2 bridgehead atoms. The van der Waals surface area contributed by atoms with Gasteiger partial charge < -0.3 is 15.0 Å². The highest BCUT2D eigenvalue weighted by atomic mass is 35.5. The normalized spacial score (nSPS) is 36.2. The van der Waals surface area contributed by atoms with Gasteiger partial charge in [-0.05, 0) is 62.3 Å². The molecule has 0 radical (unpaired) electrons. The Balaban J connectivity index is 0.00000182. The summed E-state index contributed by atoms with van der Waals surface area (Å²) in [7, 11) is -0.250. The fraction of sp³-hybridized carbons (Fsp3) is 0.700. The second-order valence-electron chi connectivity index (χ2n) is 9.03. The Morgan fingerprint density at radius 2 is 2.04 bits per heavy atom. The molecule has 3 aliphatic carbocycles. The van der Waals surface area contributed by atoms with Gasteiger partial charge >= 0.3 is 7.12 Å². The first-order valence-corrected chi connectivity index (χ1v) is 9.45. The van der Waals surface area contributed by atoms with Crippen LogP contribution in [0, 0.1) is 24.2 Å². The summed E-state index contributed by atoms with van der Waals surface area (Å²) in [5.74, 6) is 1.32. The van der Waals surface area contributed by atoms with E-state index < -0.39 is 0 Å². The predicted octanol–water partition coefficient (Wildman–Crippen LogP) is 3.94. The van der Waals surface area contributed by atoms with E-state index in [0.717, 1.165) is 25.2 Å². The number of hydrogen-bond acceptors (Lipinski definition) is 3. The minimum Gasteiger partial charge on any atom is -0.404 e. The summed E-state index contributed by atoms with van der Waals surface area (Å²) in [5.41, 5.74) is 9.33. The predicted molar refractivity (Wildman–Crippen MR) is 105 cm³/mol. The average Bonchev–Trinajstić information content (AvgIpc) is 2.89. The summed E-state index contributed by atoms with van der Waals surface area (Å²) < 4.78 is 12.8.